The molecule has 0 aliphatic heterocycles. The molecular weight excluding hydrogens is 274 g/mol. The molecule has 0 aliphatic rings. The third-order valence-electron chi connectivity index (χ3n) is 1.73. The third kappa shape index (κ3) is 2.65. The fourth-order valence-electron chi connectivity index (χ4n) is 1.16. The summed E-state index contributed by atoms with van der Waals surface area (Å²) in [5, 5.41) is 10.8. The summed E-state index contributed by atoms with van der Waals surface area (Å²) in [6.07, 6.45) is -13.0. The van der Waals surface area contributed by atoms with Crippen LogP contribution in [0.15, 0.2) is 0 Å². The molecule has 0 saturated carbocycles. The number of alkyl halides is 6. The van der Waals surface area contributed by atoms with Crippen LogP contribution in [-0.2, 0) is 19.4 Å². The maximum atomic E-state index is 12.5. The topological polar surface area (TPSA) is 64.4 Å². The van der Waals surface area contributed by atoms with Crippen LogP contribution in [0, 0.1) is 0 Å². The molecule has 11 heteroatoms. The lowest BCUT2D eigenvalue weighted by atomic mass is 10.2. The fraction of sp³-hybridized carbons (Fsp3) is 0.429. The molecule has 5 nitrogen and oxygen atoms in total. The van der Waals surface area contributed by atoms with E-state index in [-0.39, 0.29) is 4.68 Å². The van der Waals surface area contributed by atoms with E-state index in [1.54, 1.807) is 0 Å². The van der Waals surface area contributed by atoms with Crippen molar-refractivity contribution in [2.24, 2.45) is 7.05 Å². The van der Waals surface area contributed by atoms with Gasteiger partial charge in [-0.15, -0.1) is 0 Å². The molecule has 0 amide bonds. The number of ether oxygens (including phenoxy) is 1. The summed E-state index contributed by atoms with van der Waals surface area (Å²) >= 11 is 0. The molecule has 1 aromatic rings. The smallest absolute Gasteiger partial charge is 0.449 e. The second-order valence-electron chi connectivity index (χ2n) is 3.02. The average molecular weight is 278 g/mol. The number of aromatic nitrogens is 2. The van der Waals surface area contributed by atoms with Crippen molar-refractivity contribution >= 4 is 6.16 Å². The van der Waals surface area contributed by atoms with E-state index in [2.05, 4.69) is 9.84 Å². The lowest BCUT2D eigenvalue weighted by Gasteiger charge is -2.10. The van der Waals surface area contributed by atoms with Crippen LogP contribution in [0.1, 0.15) is 11.3 Å². The van der Waals surface area contributed by atoms with E-state index in [4.69, 9.17) is 5.11 Å². The number of carbonyl (C=O) groups is 1. The number of halogens is 6. The highest BCUT2D eigenvalue weighted by Crippen LogP contribution is 2.44. The first-order valence-corrected chi connectivity index (χ1v) is 4.06. The number of hydrogen-bond acceptors (Lipinski definition) is 3. The third-order valence-corrected chi connectivity index (χ3v) is 1.73. The minimum absolute atomic E-state index is 0.0553. The average Bonchev–Trinajstić information content (AvgIpc) is 2.41. The van der Waals surface area contributed by atoms with Crippen molar-refractivity contribution < 1.29 is 41.0 Å². The quantitative estimate of drug-likeness (QED) is 0.633. The van der Waals surface area contributed by atoms with Gasteiger partial charge in [-0.05, 0) is 0 Å². The lowest BCUT2D eigenvalue weighted by Crippen LogP contribution is -2.17. The molecule has 1 N–H and O–H groups in total. The molecule has 0 unspecified atom stereocenters. The molecule has 1 heterocycles. The second kappa shape index (κ2) is 4.07. The Labute approximate surface area is 94.6 Å². The van der Waals surface area contributed by atoms with Crippen molar-refractivity contribution in [1.29, 1.82) is 0 Å². The van der Waals surface area contributed by atoms with Crippen LogP contribution < -0.4 is 4.74 Å². The van der Waals surface area contributed by atoms with Crippen LogP contribution in [0.4, 0.5) is 31.1 Å². The standard InChI is InChI=1S/C7H4F6N2O3/c1-15-4(18-5(16)17)2(6(8,9)10)3(14-15)7(11,12)13/h1H3,(H,16,17). The van der Waals surface area contributed by atoms with Crippen LogP contribution in [0.2, 0.25) is 0 Å². The maximum absolute atomic E-state index is 12.5. The molecular formula is C7H4F6N2O3. The molecule has 0 bridgehead atoms. The first kappa shape index (κ1) is 14.1. The van der Waals surface area contributed by atoms with Crippen molar-refractivity contribution in [2.45, 2.75) is 12.4 Å². The van der Waals surface area contributed by atoms with Crippen molar-refractivity contribution in [3.05, 3.63) is 11.3 Å². The van der Waals surface area contributed by atoms with Gasteiger partial charge in [-0.1, -0.05) is 0 Å². The Morgan fingerprint density at radius 1 is 1.22 bits per heavy atom. The largest absolute Gasteiger partial charge is 0.512 e. The van der Waals surface area contributed by atoms with Gasteiger partial charge in [0.15, 0.2) is 11.3 Å². The SMILES string of the molecule is Cn1nc(C(F)(F)F)c(C(F)(F)F)c1OC(=O)O. The monoisotopic (exact) mass is 278 g/mol. The van der Waals surface area contributed by atoms with E-state index in [9.17, 15) is 31.1 Å². The molecule has 102 valence electrons. The van der Waals surface area contributed by atoms with Crippen LogP contribution in [-0.4, -0.2) is 21.0 Å². The second-order valence-corrected chi connectivity index (χ2v) is 3.02. The van der Waals surface area contributed by atoms with E-state index >= 15 is 0 Å². The maximum Gasteiger partial charge on any atom is 0.512 e. The van der Waals surface area contributed by atoms with Gasteiger partial charge in [0.05, 0.1) is 0 Å². The number of carboxylic acid groups (broad SMARTS) is 1. The van der Waals surface area contributed by atoms with Crippen LogP contribution in [0.25, 0.3) is 0 Å². The summed E-state index contributed by atoms with van der Waals surface area (Å²) in [5.74, 6) is -1.54. The molecule has 0 aromatic carbocycles. The summed E-state index contributed by atoms with van der Waals surface area (Å²) < 4.78 is 78.2. The number of hydrogen-bond donors (Lipinski definition) is 1. The molecule has 0 spiro atoms. The van der Waals surface area contributed by atoms with Crippen molar-refractivity contribution in [2.75, 3.05) is 0 Å². The normalized spacial score (nSPS) is 12.6. The fourth-order valence-corrected chi connectivity index (χ4v) is 1.16. The Balaban J connectivity index is 3.53. The highest BCUT2D eigenvalue weighted by molar-refractivity contribution is 5.61. The van der Waals surface area contributed by atoms with Gasteiger partial charge in [-0.2, -0.15) is 31.4 Å². The lowest BCUT2D eigenvalue weighted by molar-refractivity contribution is -0.164. The zero-order valence-electron chi connectivity index (χ0n) is 8.43. The highest BCUT2D eigenvalue weighted by atomic mass is 19.4. The predicted octanol–water partition coefficient (Wildman–Crippen LogP) is 2.51. The Kier molecular flexibility index (Phi) is 3.19. The Bertz CT molecular complexity index is 475. The molecule has 0 radical (unpaired) electrons. The number of nitrogens with zero attached hydrogens (tertiary/aromatic N) is 2. The summed E-state index contributed by atoms with van der Waals surface area (Å²) in [6, 6.07) is 0. The van der Waals surface area contributed by atoms with Crippen molar-refractivity contribution in [3.8, 4) is 5.88 Å². The van der Waals surface area contributed by atoms with Gasteiger partial charge in [0.2, 0.25) is 5.88 Å². The van der Waals surface area contributed by atoms with Crippen LogP contribution in [0.5, 0.6) is 5.88 Å². The van der Waals surface area contributed by atoms with Gasteiger partial charge in [0.1, 0.15) is 0 Å². The molecule has 0 saturated heterocycles. The summed E-state index contributed by atoms with van der Waals surface area (Å²) in [7, 11) is 0.697. The van der Waals surface area contributed by atoms with Gasteiger partial charge in [-0.3, -0.25) is 0 Å². The van der Waals surface area contributed by atoms with Crippen LogP contribution >= 0.6 is 0 Å². The Hall–Kier alpha value is -1.94. The Morgan fingerprint density at radius 2 is 1.72 bits per heavy atom. The van der Waals surface area contributed by atoms with Gasteiger partial charge >= 0.3 is 18.5 Å². The van der Waals surface area contributed by atoms with Crippen molar-refractivity contribution in [1.82, 2.24) is 9.78 Å². The predicted molar refractivity (Wildman–Crippen MR) is 41.9 cm³/mol. The minimum Gasteiger partial charge on any atom is -0.449 e. The van der Waals surface area contributed by atoms with E-state index < -0.39 is 35.6 Å². The van der Waals surface area contributed by atoms with Gasteiger partial charge < -0.3 is 9.84 Å². The van der Waals surface area contributed by atoms with Gasteiger partial charge in [-0.25, -0.2) is 9.48 Å². The zero-order valence-corrected chi connectivity index (χ0v) is 8.43. The first-order chi connectivity index (χ1) is 7.94. The number of rotatable bonds is 1. The molecule has 0 fully saturated rings. The van der Waals surface area contributed by atoms with Gasteiger partial charge in [0, 0.05) is 7.05 Å². The van der Waals surface area contributed by atoms with E-state index in [0.717, 1.165) is 0 Å². The van der Waals surface area contributed by atoms with E-state index in [0.29, 0.717) is 7.05 Å². The van der Waals surface area contributed by atoms with E-state index in [1.807, 2.05) is 0 Å². The molecule has 18 heavy (non-hydrogen) atoms. The van der Waals surface area contributed by atoms with Crippen LogP contribution in [0.3, 0.4) is 0 Å². The highest BCUT2D eigenvalue weighted by Gasteiger charge is 2.50. The van der Waals surface area contributed by atoms with Crippen molar-refractivity contribution in [3.63, 3.8) is 0 Å². The molecule has 0 aliphatic carbocycles. The Morgan fingerprint density at radius 3 is 2.06 bits per heavy atom. The van der Waals surface area contributed by atoms with E-state index in [1.165, 1.54) is 0 Å². The molecule has 0 atom stereocenters. The number of aryl methyl sites for hydroxylation is 1. The molecule has 1 rings (SSSR count). The minimum atomic E-state index is -5.45. The first-order valence-electron chi connectivity index (χ1n) is 4.06. The summed E-state index contributed by atoms with van der Waals surface area (Å²) in [5.41, 5.74) is -4.53. The summed E-state index contributed by atoms with van der Waals surface area (Å²) in [6.45, 7) is 0. The zero-order chi connectivity index (χ0) is 14.3. The molecule has 1 aromatic heterocycles. The van der Waals surface area contributed by atoms with Gasteiger partial charge in [0.25, 0.3) is 0 Å². The summed E-state index contributed by atoms with van der Waals surface area (Å²) in [4.78, 5) is 10.1.